The number of rotatable bonds is 10. The number of aliphatic hydroxyl groups is 1. The van der Waals surface area contributed by atoms with Crippen LogP contribution in [-0.2, 0) is 14.3 Å². The zero-order valence-electron chi connectivity index (χ0n) is 21.9. The maximum absolute atomic E-state index is 14.8. The van der Waals surface area contributed by atoms with Crippen LogP contribution in [-0.4, -0.2) is 73.6 Å². The van der Waals surface area contributed by atoms with Gasteiger partial charge in [-0.1, -0.05) is 13.3 Å². The molecule has 4 N–H and O–H groups in total. The molecule has 0 aromatic heterocycles. The smallest absolute Gasteiger partial charge is 0.311 e. The highest BCUT2D eigenvalue weighted by Crippen LogP contribution is 2.40. The lowest BCUT2D eigenvalue weighted by atomic mass is 9.70. The molecule has 1 aromatic rings. The second kappa shape index (κ2) is 11.4. The van der Waals surface area contributed by atoms with Crippen molar-refractivity contribution >= 4 is 17.8 Å². The normalized spacial score (nSPS) is 28.2. The quantitative estimate of drug-likeness (QED) is 0.357. The number of aliphatic carboxylic acids is 1. The van der Waals surface area contributed by atoms with Gasteiger partial charge in [-0.15, -0.1) is 0 Å². The minimum Gasteiger partial charge on any atom is -0.496 e. The van der Waals surface area contributed by atoms with Gasteiger partial charge in [-0.2, -0.15) is 0 Å². The highest BCUT2D eigenvalue weighted by Gasteiger charge is 2.42. The zero-order valence-corrected chi connectivity index (χ0v) is 21.9. The second-order valence-electron chi connectivity index (χ2n) is 11.1. The van der Waals surface area contributed by atoms with Crippen LogP contribution < -0.4 is 20.1 Å². The molecule has 0 radical (unpaired) electrons. The van der Waals surface area contributed by atoms with E-state index in [1.807, 2.05) is 0 Å². The topological polar surface area (TPSA) is 143 Å². The third kappa shape index (κ3) is 5.88. The SMILES string of the molecule is COc1cc(F)c(OC2CCC(CO)(C(=O)O)CC2)cc1C(=O)NC1COC[C@H]1C(=O)NCC1(C)CCC1. The van der Waals surface area contributed by atoms with Gasteiger partial charge in [0.25, 0.3) is 5.91 Å². The number of hydrogen-bond acceptors (Lipinski definition) is 7. The number of carbonyl (C=O) groups is 3. The largest absolute Gasteiger partial charge is 0.496 e. The van der Waals surface area contributed by atoms with Crippen LogP contribution in [0.25, 0.3) is 0 Å². The summed E-state index contributed by atoms with van der Waals surface area (Å²) in [5, 5.41) is 24.8. The predicted octanol–water partition coefficient (Wildman–Crippen LogP) is 2.27. The highest BCUT2D eigenvalue weighted by molar-refractivity contribution is 5.98. The molecule has 210 valence electrons. The van der Waals surface area contributed by atoms with E-state index in [9.17, 15) is 29.0 Å². The number of benzene rings is 1. The lowest BCUT2D eigenvalue weighted by molar-refractivity contribution is -0.155. The molecule has 4 rings (SSSR count). The van der Waals surface area contributed by atoms with E-state index in [-0.39, 0.29) is 54.4 Å². The summed E-state index contributed by atoms with van der Waals surface area (Å²) in [6, 6.07) is 1.77. The Kier molecular flexibility index (Phi) is 8.46. The molecule has 11 heteroatoms. The van der Waals surface area contributed by atoms with Crippen molar-refractivity contribution in [1.82, 2.24) is 10.6 Å². The Morgan fingerprint density at radius 3 is 2.42 bits per heavy atom. The Labute approximate surface area is 221 Å². The molecule has 2 atom stereocenters. The van der Waals surface area contributed by atoms with Gasteiger partial charge in [-0.3, -0.25) is 14.4 Å². The second-order valence-corrected chi connectivity index (χ2v) is 11.1. The number of ether oxygens (including phenoxy) is 3. The molecule has 0 bridgehead atoms. The van der Waals surface area contributed by atoms with Gasteiger partial charge in [0.15, 0.2) is 11.6 Å². The van der Waals surface area contributed by atoms with Crippen LogP contribution in [0.5, 0.6) is 11.5 Å². The number of nitrogens with one attached hydrogen (secondary N) is 2. The van der Waals surface area contributed by atoms with Crippen molar-refractivity contribution in [3.05, 3.63) is 23.5 Å². The number of amides is 2. The van der Waals surface area contributed by atoms with E-state index in [0.717, 1.165) is 25.3 Å². The predicted molar refractivity (Wildman–Crippen MR) is 134 cm³/mol. The Hall–Kier alpha value is -2.92. The molecule has 3 fully saturated rings. The first-order valence-electron chi connectivity index (χ1n) is 13.1. The molecular formula is C27H37FN2O8. The fourth-order valence-corrected chi connectivity index (χ4v) is 5.44. The van der Waals surface area contributed by atoms with E-state index in [4.69, 9.17) is 14.2 Å². The third-order valence-electron chi connectivity index (χ3n) is 8.42. The van der Waals surface area contributed by atoms with Gasteiger partial charge in [0.05, 0.1) is 56.0 Å². The summed E-state index contributed by atoms with van der Waals surface area (Å²) < 4.78 is 31.4. The Bertz CT molecular complexity index is 1050. The van der Waals surface area contributed by atoms with Gasteiger partial charge >= 0.3 is 5.97 Å². The van der Waals surface area contributed by atoms with Crippen molar-refractivity contribution in [2.45, 2.75) is 64.0 Å². The summed E-state index contributed by atoms with van der Waals surface area (Å²) in [5.41, 5.74) is -1.05. The van der Waals surface area contributed by atoms with E-state index < -0.39 is 47.8 Å². The molecule has 10 nitrogen and oxygen atoms in total. The highest BCUT2D eigenvalue weighted by atomic mass is 19.1. The fraction of sp³-hybridized carbons (Fsp3) is 0.667. The Morgan fingerprint density at radius 1 is 1.13 bits per heavy atom. The number of hydrogen-bond donors (Lipinski definition) is 4. The van der Waals surface area contributed by atoms with Crippen LogP contribution in [0.2, 0.25) is 0 Å². The van der Waals surface area contributed by atoms with Crippen molar-refractivity contribution in [2.75, 3.05) is 33.5 Å². The minimum absolute atomic E-state index is 0.0130. The first-order valence-corrected chi connectivity index (χ1v) is 13.1. The number of carbonyl (C=O) groups excluding carboxylic acids is 2. The molecule has 1 aliphatic heterocycles. The van der Waals surface area contributed by atoms with E-state index in [0.29, 0.717) is 19.4 Å². The zero-order chi connectivity index (χ0) is 27.5. The summed E-state index contributed by atoms with van der Waals surface area (Å²) in [5.74, 6) is -3.20. The number of methoxy groups -OCH3 is 1. The van der Waals surface area contributed by atoms with Crippen LogP contribution >= 0.6 is 0 Å². The van der Waals surface area contributed by atoms with Crippen molar-refractivity contribution in [2.24, 2.45) is 16.7 Å². The molecule has 0 spiro atoms. The van der Waals surface area contributed by atoms with Crippen LogP contribution in [0.1, 0.15) is 62.2 Å². The monoisotopic (exact) mass is 536 g/mol. The van der Waals surface area contributed by atoms with Gasteiger partial charge in [-0.25, -0.2) is 4.39 Å². The van der Waals surface area contributed by atoms with Crippen molar-refractivity contribution in [1.29, 1.82) is 0 Å². The lowest BCUT2D eigenvalue weighted by Gasteiger charge is -2.38. The van der Waals surface area contributed by atoms with E-state index in [1.54, 1.807) is 0 Å². The number of halogens is 1. The van der Waals surface area contributed by atoms with Gasteiger partial charge in [-0.05, 0) is 50.0 Å². The molecule has 1 saturated heterocycles. The molecule has 38 heavy (non-hydrogen) atoms. The summed E-state index contributed by atoms with van der Waals surface area (Å²) in [6.07, 6.45) is 3.86. The summed E-state index contributed by atoms with van der Waals surface area (Å²) in [6.45, 7) is 2.62. The van der Waals surface area contributed by atoms with Crippen molar-refractivity contribution in [3.8, 4) is 11.5 Å². The fourth-order valence-electron chi connectivity index (χ4n) is 5.44. The van der Waals surface area contributed by atoms with Gasteiger partial charge in [0.2, 0.25) is 5.91 Å². The standard InChI is InChI=1S/C27H37FN2O8/c1-26(6-3-7-26)14-29-23(32)18-12-37-13-20(18)30-24(33)17-10-22(19(28)11-21(17)36-2)38-16-4-8-27(15-31,9-5-16)25(34)35/h10-11,16,18,20,31H,3-9,12-15H2,1-2H3,(H,29,32)(H,30,33)(H,34,35)/t16?,18-,20?,27?/m1/s1. The lowest BCUT2D eigenvalue weighted by Crippen LogP contribution is -2.48. The number of carboxylic acids is 1. The molecule has 1 unspecified atom stereocenters. The average Bonchev–Trinajstić information content (AvgIpc) is 3.35. The maximum atomic E-state index is 14.8. The Morgan fingerprint density at radius 2 is 1.84 bits per heavy atom. The van der Waals surface area contributed by atoms with Crippen LogP contribution in [0.3, 0.4) is 0 Å². The minimum atomic E-state index is -1.22. The first-order chi connectivity index (χ1) is 18.1. The van der Waals surface area contributed by atoms with Crippen molar-refractivity contribution < 1.29 is 43.2 Å². The molecule has 2 aliphatic carbocycles. The molecule has 2 amide bonds. The molecule has 1 aromatic carbocycles. The summed E-state index contributed by atoms with van der Waals surface area (Å²) in [7, 11) is 1.32. The first kappa shape index (κ1) is 28.1. The van der Waals surface area contributed by atoms with Gasteiger partial charge in [0, 0.05) is 12.6 Å². The van der Waals surface area contributed by atoms with Crippen LogP contribution in [0.4, 0.5) is 4.39 Å². The molecular weight excluding hydrogens is 499 g/mol. The van der Waals surface area contributed by atoms with E-state index in [2.05, 4.69) is 17.6 Å². The third-order valence-corrected chi connectivity index (χ3v) is 8.42. The summed E-state index contributed by atoms with van der Waals surface area (Å²) in [4.78, 5) is 37.6. The van der Waals surface area contributed by atoms with Crippen LogP contribution in [0, 0.1) is 22.6 Å². The molecule has 3 aliphatic rings. The van der Waals surface area contributed by atoms with Crippen LogP contribution in [0.15, 0.2) is 12.1 Å². The number of carboxylic acid groups (broad SMARTS) is 1. The van der Waals surface area contributed by atoms with Gasteiger partial charge < -0.3 is 35.1 Å². The van der Waals surface area contributed by atoms with E-state index in [1.165, 1.54) is 13.2 Å². The maximum Gasteiger partial charge on any atom is 0.311 e. The average molecular weight is 537 g/mol. The summed E-state index contributed by atoms with van der Waals surface area (Å²) >= 11 is 0. The number of aliphatic hydroxyl groups excluding tert-OH is 1. The molecule has 1 heterocycles. The van der Waals surface area contributed by atoms with Crippen molar-refractivity contribution in [3.63, 3.8) is 0 Å². The van der Waals surface area contributed by atoms with E-state index >= 15 is 0 Å². The Balaban J connectivity index is 1.41. The molecule has 2 saturated carbocycles. The van der Waals surface area contributed by atoms with Gasteiger partial charge in [0.1, 0.15) is 5.75 Å².